The molecule has 0 amide bonds. The first-order chi connectivity index (χ1) is 10.7. The number of nitrogens with one attached hydrogen (secondary N) is 2. The highest BCUT2D eigenvalue weighted by molar-refractivity contribution is 5.79. The van der Waals surface area contributed by atoms with Crippen molar-refractivity contribution in [3.05, 3.63) is 65.2 Å². The van der Waals surface area contributed by atoms with Gasteiger partial charge in [0, 0.05) is 13.1 Å². The molecule has 0 aliphatic carbocycles. The van der Waals surface area contributed by atoms with Gasteiger partial charge >= 0.3 is 0 Å². The van der Waals surface area contributed by atoms with Crippen LogP contribution in [0.3, 0.4) is 0 Å². The SMILES string of the molecule is CCNC(=NCc1ccc(O)cc1)NCc1ccccc1C. The molecule has 4 nitrogen and oxygen atoms in total. The second kappa shape index (κ2) is 8.08. The first-order valence-electron chi connectivity index (χ1n) is 7.53. The second-order valence-corrected chi connectivity index (χ2v) is 5.14. The summed E-state index contributed by atoms with van der Waals surface area (Å²) in [6, 6.07) is 15.4. The Hall–Kier alpha value is -2.49. The van der Waals surface area contributed by atoms with E-state index in [0.717, 1.165) is 24.6 Å². The Morgan fingerprint density at radius 1 is 1.05 bits per heavy atom. The van der Waals surface area contributed by atoms with Crippen LogP contribution in [0.5, 0.6) is 5.75 Å². The van der Waals surface area contributed by atoms with Gasteiger partial charge in [0.25, 0.3) is 0 Å². The zero-order chi connectivity index (χ0) is 15.8. The van der Waals surface area contributed by atoms with Crippen LogP contribution in [-0.2, 0) is 13.1 Å². The van der Waals surface area contributed by atoms with Gasteiger partial charge in [-0.3, -0.25) is 0 Å². The molecule has 0 aliphatic rings. The van der Waals surface area contributed by atoms with E-state index in [0.29, 0.717) is 6.54 Å². The molecule has 4 heteroatoms. The van der Waals surface area contributed by atoms with Crippen molar-refractivity contribution in [1.29, 1.82) is 0 Å². The van der Waals surface area contributed by atoms with E-state index in [9.17, 15) is 5.11 Å². The number of aliphatic imine (C=N–C) groups is 1. The minimum atomic E-state index is 0.275. The molecule has 2 rings (SSSR count). The van der Waals surface area contributed by atoms with Crippen LogP contribution in [0.15, 0.2) is 53.5 Å². The molecule has 116 valence electrons. The summed E-state index contributed by atoms with van der Waals surface area (Å²) in [6.07, 6.45) is 0. The second-order valence-electron chi connectivity index (χ2n) is 5.14. The van der Waals surface area contributed by atoms with Crippen LogP contribution in [0.25, 0.3) is 0 Å². The third-order valence-corrected chi connectivity index (χ3v) is 3.41. The lowest BCUT2D eigenvalue weighted by molar-refractivity contribution is 0.475. The highest BCUT2D eigenvalue weighted by Crippen LogP contribution is 2.10. The highest BCUT2D eigenvalue weighted by atomic mass is 16.3. The lowest BCUT2D eigenvalue weighted by Gasteiger charge is -2.12. The van der Waals surface area contributed by atoms with Crippen molar-refractivity contribution >= 4 is 5.96 Å². The van der Waals surface area contributed by atoms with Crippen LogP contribution in [0.1, 0.15) is 23.6 Å². The molecular weight excluding hydrogens is 274 g/mol. The standard InChI is InChI=1S/C18H23N3O/c1-3-19-18(20-12-15-8-10-17(22)11-9-15)21-13-16-7-5-4-6-14(16)2/h4-11,22H,3,12-13H2,1-2H3,(H2,19,20,21). The van der Waals surface area contributed by atoms with Crippen molar-refractivity contribution in [2.45, 2.75) is 26.9 Å². The summed E-state index contributed by atoms with van der Waals surface area (Å²) in [7, 11) is 0. The lowest BCUT2D eigenvalue weighted by atomic mass is 10.1. The number of benzene rings is 2. The predicted molar refractivity (Wildman–Crippen MR) is 90.9 cm³/mol. The van der Waals surface area contributed by atoms with E-state index in [1.54, 1.807) is 12.1 Å². The van der Waals surface area contributed by atoms with E-state index in [1.165, 1.54) is 11.1 Å². The number of rotatable bonds is 5. The average molecular weight is 297 g/mol. The molecule has 22 heavy (non-hydrogen) atoms. The average Bonchev–Trinajstić information content (AvgIpc) is 2.53. The van der Waals surface area contributed by atoms with Gasteiger partial charge in [0.2, 0.25) is 0 Å². The van der Waals surface area contributed by atoms with Gasteiger partial charge in [0.15, 0.2) is 5.96 Å². The molecule has 3 N–H and O–H groups in total. The number of aromatic hydroxyl groups is 1. The van der Waals surface area contributed by atoms with Crippen molar-refractivity contribution in [3.63, 3.8) is 0 Å². The van der Waals surface area contributed by atoms with Gasteiger partial charge in [-0.25, -0.2) is 4.99 Å². The fourth-order valence-electron chi connectivity index (χ4n) is 2.10. The van der Waals surface area contributed by atoms with Crippen LogP contribution < -0.4 is 10.6 Å². The Labute approximate surface area is 131 Å². The molecule has 0 bridgehead atoms. The van der Waals surface area contributed by atoms with Gasteiger partial charge < -0.3 is 15.7 Å². The first-order valence-corrected chi connectivity index (χ1v) is 7.53. The molecular formula is C18H23N3O. The molecule has 2 aromatic rings. The van der Waals surface area contributed by atoms with E-state index in [4.69, 9.17) is 0 Å². The third kappa shape index (κ3) is 4.81. The van der Waals surface area contributed by atoms with Crippen molar-refractivity contribution in [3.8, 4) is 5.75 Å². The molecule has 0 aliphatic heterocycles. The minimum absolute atomic E-state index is 0.275. The van der Waals surface area contributed by atoms with Crippen molar-refractivity contribution in [2.75, 3.05) is 6.54 Å². The fourth-order valence-corrected chi connectivity index (χ4v) is 2.10. The van der Waals surface area contributed by atoms with Crippen LogP contribution in [0, 0.1) is 6.92 Å². The summed E-state index contributed by atoms with van der Waals surface area (Å²) in [6.45, 7) is 6.29. The van der Waals surface area contributed by atoms with Gasteiger partial charge in [-0.1, -0.05) is 36.4 Å². The fraction of sp³-hybridized carbons (Fsp3) is 0.278. The zero-order valence-electron chi connectivity index (χ0n) is 13.1. The summed E-state index contributed by atoms with van der Waals surface area (Å²) < 4.78 is 0. The minimum Gasteiger partial charge on any atom is -0.508 e. The molecule has 0 saturated carbocycles. The van der Waals surface area contributed by atoms with E-state index in [2.05, 4.69) is 34.7 Å². The van der Waals surface area contributed by atoms with Crippen LogP contribution >= 0.6 is 0 Å². The number of hydrogen-bond donors (Lipinski definition) is 3. The Bertz CT molecular complexity index is 620. The maximum atomic E-state index is 9.29. The molecule has 0 spiro atoms. The van der Waals surface area contributed by atoms with Crippen molar-refractivity contribution < 1.29 is 5.11 Å². The van der Waals surface area contributed by atoms with Crippen molar-refractivity contribution in [2.24, 2.45) is 4.99 Å². The summed E-state index contributed by atoms with van der Waals surface area (Å²) in [5.74, 6) is 1.07. The maximum Gasteiger partial charge on any atom is 0.191 e. The number of guanidine groups is 1. The number of phenolic OH excluding ortho intramolecular Hbond substituents is 1. The summed E-state index contributed by atoms with van der Waals surface area (Å²) in [5.41, 5.74) is 3.59. The predicted octanol–water partition coefficient (Wildman–Crippen LogP) is 2.96. The van der Waals surface area contributed by atoms with Gasteiger partial charge in [-0.2, -0.15) is 0 Å². The third-order valence-electron chi connectivity index (χ3n) is 3.41. The van der Waals surface area contributed by atoms with Gasteiger partial charge in [-0.15, -0.1) is 0 Å². The molecule has 0 radical (unpaired) electrons. The lowest BCUT2D eigenvalue weighted by Crippen LogP contribution is -2.36. The normalized spacial score (nSPS) is 11.3. The van der Waals surface area contributed by atoms with E-state index >= 15 is 0 Å². The number of phenols is 1. The van der Waals surface area contributed by atoms with Gasteiger partial charge in [0.05, 0.1) is 6.54 Å². The van der Waals surface area contributed by atoms with Crippen LogP contribution in [-0.4, -0.2) is 17.6 Å². The molecule has 0 atom stereocenters. The Kier molecular flexibility index (Phi) is 5.83. The van der Waals surface area contributed by atoms with E-state index in [1.807, 2.05) is 31.2 Å². The van der Waals surface area contributed by atoms with E-state index in [-0.39, 0.29) is 5.75 Å². The molecule has 0 heterocycles. The molecule has 2 aromatic carbocycles. The summed E-state index contributed by atoms with van der Waals surface area (Å²) in [5, 5.41) is 15.9. The summed E-state index contributed by atoms with van der Waals surface area (Å²) in [4.78, 5) is 4.57. The largest absolute Gasteiger partial charge is 0.508 e. The maximum absolute atomic E-state index is 9.29. The summed E-state index contributed by atoms with van der Waals surface area (Å²) >= 11 is 0. The quantitative estimate of drug-likeness (QED) is 0.587. The Morgan fingerprint density at radius 3 is 2.45 bits per heavy atom. The first kappa shape index (κ1) is 15.9. The number of aryl methyl sites for hydroxylation is 1. The van der Waals surface area contributed by atoms with Crippen LogP contribution in [0.2, 0.25) is 0 Å². The monoisotopic (exact) mass is 297 g/mol. The number of hydrogen-bond acceptors (Lipinski definition) is 2. The van der Waals surface area contributed by atoms with Gasteiger partial charge in [0.1, 0.15) is 5.75 Å². The molecule has 0 fully saturated rings. The topological polar surface area (TPSA) is 56.7 Å². The van der Waals surface area contributed by atoms with Gasteiger partial charge in [-0.05, 0) is 42.7 Å². The molecule has 0 aromatic heterocycles. The molecule has 0 unspecified atom stereocenters. The Balaban J connectivity index is 1.98. The molecule has 0 saturated heterocycles. The van der Waals surface area contributed by atoms with Crippen molar-refractivity contribution in [1.82, 2.24) is 10.6 Å². The highest BCUT2D eigenvalue weighted by Gasteiger charge is 2.00. The van der Waals surface area contributed by atoms with Crippen LogP contribution in [0.4, 0.5) is 0 Å². The van der Waals surface area contributed by atoms with E-state index < -0.39 is 0 Å². The number of nitrogens with zero attached hydrogens (tertiary/aromatic N) is 1. The Morgan fingerprint density at radius 2 is 1.77 bits per heavy atom. The smallest absolute Gasteiger partial charge is 0.191 e. The zero-order valence-corrected chi connectivity index (χ0v) is 13.1.